The largest absolute Gasteiger partial charge is 0.490 e. The fourth-order valence-electron chi connectivity index (χ4n) is 1.85. The molecular formula is C14H16O5. The number of hydrogen-bond acceptors (Lipinski definition) is 5. The van der Waals surface area contributed by atoms with Crippen LogP contribution in [0.1, 0.15) is 23.7 Å². The standard InChI is InChI=1S/C14H16O5/c1-9(14(16)17-2)13(15)10-4-5-11-12(8-10)19-7-3-6-18-11/h4-5,8-9H,3,6-7H2,1-2H3. The number of carbonyl (C=O) groups excluding carboxylic acids is 2. The molecule has 1 aromatic carbocycles. The molecule has 1 unspecified atom stereocenters. The first-order chi connectivity index (χ1) is 9.13. The van der Waals surface area contributed by atoms with E-state index in [0.717, 1.165) is 6.42 Å². The Morgan fingerprint density at radius 1 is 1.21 bits per heavy atom. The Morgan fingerprint density at radius 3 is 2.58 bits per heavy atom. The third-order valence-corrected chi connectivity index (χ3v) is 2.98. The first-order valence-corrected chi connectivity index (χ1v) is 6.15. The summed E-state index contributed by atoms with van der Waals surface area (Å²) >= 11 is 0. The van der Waals surface area contributed by atoms with E-state index >= 15 is 0 Å². The fraction of sp³-hybridized carbons (Fsp3) is 0.429. The molecule has 0 radical (unpaired) electrons. The predicted octanol–water partition coefficient (Wildman–Crippen LogP) is 1.84. The van der Waals surface area contributed by atoms with E-state index in [9.17, 15) is 9.59 Å². The number of hydrogen-bond donors (Lipinski definition) is 0. The highest BCUT2D eigenvalue weighted by Crippen LogP contribution is 2.31. The van der Waals surface area contributed by atoms with Crippen molar-refractivity contribution < 1.29 is 23.8 Å². The number of fused-ring (bicyclic) bond motifs is 1. The van der Waals surface area contributed by atoms with Crippen LogP contribution in [0, 0.1) is 5.92 Å². The minimum absolute atomic E-state index is 0.289. The predicted molar refractivity (Wildman–Crippen MR) is 67.6 cm³/mol. The number of benzene rings is 1. The second-order valence-electron chi connectivity index (χ2n) is 4.32. The number of carbonyl (C=O) groups is 2. The van der Waals surface area contributed by atoms with Gasteiger partial charge in [-0.25, -0.2) is 0 Å². The molecule has 19 heavy (non-hydrogen) atoms. The molecule has 1 heterocycles. The van der Waals surface area contributed by atoms with Gasteiger partial charge in [0.05, 0.1) is 20.3 Å². The Kier molecular flexibility index (Phi) is 4.04. The minimum Gasteiger partial charge on any atom is -0.490 e. The number of ether oxygens (including phenoxy) is 3. The van der Waals surface area contributed by atoms with Crippen LogP contribution < -0.4 is 9.47 Å². The third kappa shape index (κ3) is 2.86. The Morgan fingerprint density at radius 2 is 1.89 bits per heavy atom. The molecule has 5 heteroatoms. The smallest absolute Gasteiger partial charge is 0.316 e. The van der Waals surface area contributed by atoms with Crippen LogP contribution in [-0.2, 0) is 9.53 Å². The zero-order chi connectivity index (χ0) is 13.8. The molecule has 1 aliphatic heterocycles. The number of methoxy groups -OCH3 is 1. The summed E-state index contributed by atoms with van der Waals surface area (Å²) in [5.41, 5.74) is 0.419. The van der Waals surface area contributed by atoms with E-state index in [1.807, 2.05) is 0 Å². The van der Waals surface area contributed by atoms with Crippen molar-refractivity contribution in [3.05, 3.63) is 23.8 Å². The summed E-state index contributed by atoms with van der Waals surface area (Å²) < 4.78 is 15.6. The molecule has 0 saturated heterocycles. The van der Waals surface area contributed by atoms with Crippen LogP contribution >= 0.6 is 0 Å². The number of ketones is 1. The molecule has 0 aliphatic carbocycles. The first kappa shape index (κ1) is 13.4. The van der Waals surface area contributed by atoms with Gasteiger partial charge in [-0.15, -0.1) is 0 Å². The molecule has 0 bridgehead atoms. The molecule has 0 fully saturated rings. The van der Waals surface area contributed by atoms with Crippen LogP contribution in [0.25, 0.3) is 0 Å². The van der Waals surface area contributed by atoms with E-state index in [0.29, 0.717) is 30.3 Å². The second-order valence-corrected chi connectivity index (χ2v) is 4.32. The molecule has 1 atom stereocenters. The van der Waals surface area contributed by atoms with Crippen molar-refractivity contribution in [2.24, 2.45) is 5.92 Å². The van der Waals surface area contributed by atoms with Crippen molar-refractivity contribution in [3.8, 4) is 11.5 Å². The lowest BCUT2D eigenvalue weighted by Gasteiger charge is -2.11. The van der Waals surface area contributed by atoms with Gasteiger partial charge in [-0.05, 0) is 25.1 Å². The van der Waals surface area contributed by atoms with Gasteiger partial charge in [-0.1, -0.05) is 0 Å². The number of rotatable bonds is 3. The summed E-state index contributed by atoms with van der Waals surface area (Å²) in [6.07, 6.45) is 0.802. The molecule has 0 aromatic heterocycles. The zero-order valence-electron chi connectivity index (χ0n) is 11.0. The lowest BCUT2D eigenvalue weighted by atomic mass is 9.99. The Bertz CT molecular complexity index is 495. The number of Topliss-reactive ketones (excluding diaryl/α,β-unsaturated/α-hetero) is 1. The molecule has 102 valence electrons. The van der Waals surface area contributed by atoms with E-state index in [4.69, 9.17) is 9.47 Å². The molecule has 1 aromatic rings. The minimum atomic E-state index is -0.824. The average molecular weight is 264 g/mol. The lowest BCUT2D eigenvalue weighted by molar-refractivity contribution is -0.143. The Balaban J connectivity index is 2.24. The van der Waals surface area contributed by atoms with Crippen LogP contribution in [0.3, 0.4) is 0 Å². The summed E-state index contributed by atoms with van der Waals surface area (Å²) in [4.78, 5) is 23.5. The van der Waals surface area contributed by atoms with Crippen molar-refractivity contribution >= 4 is 11.8 Å². The maximum atomic E-state index is 12.1. The molecule has 5 nitrogen and oxygen atoms in total. The van der Waals surface area contributed by atoms with Crippen molar-refractivity contribution in [2.45, 2.75) is 13.3 Å². The topological polar surface area (TPSA) is 61.8 Å². The quantitative estimate of drug-likeness (QED) is 0.473. The van der Waals surface area contributed by atoms with Gasteiger partial charge in [0.2, 0.25) is 0 Å². The zero-order valence-corrected chi connectivity index (χ0v) is 11.0. The van der Waals surface area contributed by atoms with Gasteiger partial charge < -0.3 is 14.2 Å². The molecular weight excluding hydrogens is 248 g/mol. The highest BCUT2D eigenvalue weighted by Gasteiger charge is 2.24. The van der Waals surface area contributed by atoms with Crippen molar-refractivity contribution in [2.75, 3.05) is 20.3 Å². The van der Waals surface area contributed by atoms with Gasteiger partial charge in [0.15, 0.2) is 17.3 Å². The van der Waals surface area contributed by atoms with Gasteiger partial charge in [0.25, 0.3) is 0 Å². The highest BCUT2D eigenvalue weighted by molar-refractivity contribution is 6.08. The van der Waals surface area contributed by atoms with Crippen LogP contribution in [0.2, 0.25) is 0 Å². The average Bonchev–Trinajstić information content (AvgIpc) is 2.69. The molecule has 1 aliphatic rings. The van der Waals surface area contributed by atoms with E-state index in [1.165, 1.54) is 14.0 Å². The molecule has 2 rings (SSSR count). The number of esters is 1. The summed E-state index contributed by atoms with van der Waals surface area (Å²) in [6.45, 7) is 2.67. The Labute approximate surface area is 111 Å². The second kappa shape index (κ2) is 5.73. The first-order valence-electron chi connectivity index (χ1n) is 6.15. The molecule has 0 N–H and O–H groups in total. The summed E-state index contributed by atoms with van der Waals surface area (Å²) in [5, 5.41) is 0. The van der Waals surface area contributed by atoms with Crippen LogP contribution in [0.4, 0.5) is 0 Å². The van der Waals surface area contributed by atoms with E-state index in [2.05, 4.69) is 4.74 Å². The SMILES string of the molecule is COC(=O)C(C)C(=O)c1ccc2c(c1)OCCCO2. The van der Waals surface area contributed by atoms with E-state index in [-0.39, 0.29) is 5.78 Å². The normalized spacial score (nSPS) is 15.3. The van der Waals surface area contributed by atoms with Crippen molar-refractivity contribution in [3.63, 3.8) is 0 Å². The van der Waals surface area contributed by atoms with E-state index in [1.54, 1.807) is 18.2 Å². The summed E-state index contributed by atoms with van der Waals surface area (Å²) in [6, 6.07) is 4.94. The van der Waals surface area contributed by atoms with Crippen LogP contribution in [0.5, 0.6) is 11.5 Å². The van der Waals surface area contributed by atoms with E-state index < -0.39 is 11.9 Å². The van der Waals surface area contributed by atoms with Gasteiger partial charge in [0.1, 0.15) is 5.92 Å². The summed E-state index contributed by atoms with van der Waals surface area (Å²) in [7, 11) is 1.26. The van der Waals surface area contributed by atoms with Gasteiger partial charge in [-0.2, -0.15) is 0 Å². The maximum Gasteiger partial charge on any atom is 0.316 e. The van der Waals surface area contributed by atoms with Gasteiger partial charge in [0, 0.05) is 12.0 Å². The summed E-state index contributed by atoms with van der Waals surface area (Å²) in [5.74, 6) is -0.491. The monoisotopic (exact) mass is 264 g/mol. The molecule has 0 spiro atoms. The molecule has 0 amide bonds. The third-order valence-electron chi connectivity index (χ3n) is 2.98. The lowest BCUT2D eigenvalue weighted by Crippen LogP contribution is -2.22. The van der Waals surface area contributed by atoms with Crippen LogP contribution in [0.15, 0.2) is 18.2 Å². The highest BCUT2D eigenvalue weighted by atomic mass is 16.5. The fourth-order valence-corrected chi connectivity index (χ4v) is 1.85. The molecule has 0 saturated carbocycles. The van der Waals surface area contributed by atoms with Gasteiger partial charge >= 0.3 is 5.97 Å². The Hall–Kier alpha value is -2.04. The van der Waals surface area contributed by atoms with Gasteiger partial charge in [-0.3, -0.25) is 9.59 Å². The van der Waals surface area contributed by atoms with Crippen LogP contribution in [-0.4, -0.2) is 32.1 Å². The van der Waals surface area contributed by atoms with Crippen molar-refractivity contribution in [1.82, 2.24) is 0 Å². The van der Waals surface area contributed by atoms with Crippen molar-refractivity contribution in [1.29, 1.82) is 0 Å². The maximum absolute atomic E-state index is 12.1.